The molecule has 0 spiro atoms. The Morgan fingerprint density at radius 1 is 0.679 bits per heavy atom. The van der Waals surface area contributed by atoms with E-state index in [-0.39, 0.29) is 31.5 Å². The summed E-state index contributed by atoms with van der Waals surface area (Å²) in [6.45, 7) is 11.5. The summed E-state index contributed by atoms with van der Waals surface area (Å²) in [4.78, 5) is 54.8. The standard InChI is InChI=1S/C44H51N3O6/c1-28(2)24-38(42(50)52-26-30-17-8-7-9-18-30)45-41(49)39(44(4,5)6)47-40(48)37(25-31-19-11-10-16-29(31)3)46-43(51)53-27-36-34-22-14-12-20-32(34)33-21-13-15-23-35(33)36/h7-23,28,36-39H,24-27H2,1-6H3,(H,45,49)(H,46,51)(H,47,48)/t37-,38-,39+/m0/s1. The summed E-state index contributed by atoms with van der Waals surface area (Å²) in [6, 6.07) is 30.1. The van der Waals surface area contributed by atoms with Gasteiger partial charge in [-0.25, -0.2) is 9.59 Å². The number of benzene rings is 4. The number of hydrogen-bond acceptors (Lipinski definition) is 6. The Labute approximate surface area is 312 Å². The van der Waals surface area contributed by atoms with Gasteiger partial charge in [0.1, 0.15) is 31.3 Å². The molecule has 4 aromatic carbocycles. The number of esters is 1. The Morgan fingerprint density at radius 2 is 1.26 bits per heavy atom. The molecule has 0 saturated carbocycles. The predicted molar refractivity (Wildman–Crippen MR) is 206 cm³/mol. The zero-order valence-corrected chi connectivity index (χ0v) is 31.5. The highest BCUT2D eigenvalue weighted by molar-refractivity contribution is 5.93. The molecule has 4 aromatic rings. The first-order valence-corrected chi connectivity index (χ1v) is 18.3. The zero-order chi connectivity index (χ0) is 38.1. The number of nitrogens with one attached hydrogen (secondary N) is 3. The second-order valence-electron chi connectivity index (χ2n) is 15.2. The van der Waals surface area contributed by atoms with Crippen LogP contribution in [0, 0.1) is 18.3 Å². The molecule has 0 bridgehead atoms. The van der Waals surface area contributed by atoms with E-state index in [0.717, 1.165) is 38.9 Å². The van der Waals surface area contributed by atoms with E-state index in [1.54, 1.807) is 0 Å². The van der Waals surface area contributed by atoms with Crippen molar-refractivity contribution in [3.63, 3.8) is 0 Å². The van der Waals surface area contributed by atoms with E-state index in [1.807, 2.05) is 133 Å². The van der Waals surface area contributed by atoms with Gasteiger partial charge in [-0.15, -0.1) is 0 Å². The molecule has 1 aliphatic rings. The summed E-state index contributed by atoms with van der Waals surface area (Å²) in [5.41, 5.74) is 6.27. The molecule has 0 unspecified atom stereocenters. The first kappa shape index (κ1) is 38.8. The third-order valence-corrected chi connectivity index (χ3v) is 9.58. The predicted octanol–water partition coefficient (Wildman–Crippen LogP) is 7.25. The highest BCUT2D eigenvalue weighted by Crippen LogP contribution is 2.44. The number of alkyl carbamates (subject to hydrolysis) is 1. The molecule has 3 atom stereocenters. The van der Waals surface area contributed by atoms with Crippen molar-refractivity contribution in [2.24, 2.45) is 11.3 Å². The van der Waals surface area contributed by atoms with E-state index in [0.29, 0.717) is 6.42 Å². The lowest BCUT2D eigenvalue weighted by Crippen LogP contribution is -2.60. The maximum atomic E-state index is 14.1. The molecule has 5 rings (SSSR count). The van der Waals surface area contributed by atoms with Crippen LogP contribution in [0.5, 0.6) is 0 Å². The van der Waals surface area contributed by atoms with Gasteiger partial charge in [-0.05, 0) is 63.6 Å². The van der Waals surface area contributed by atoms with Crippen molar-refractivity contribution in [1.82, 2.24) is 16.0 Å². The highest BCUT2D eigenvalue weighted by atomic mass is 16.5. The topological polar surface area (TPSA) is 123 Å². The number of hydrogen-bond donors (Lipinski definition) is 3. The Kier molecular flexibility index (Phi) is 12.7. The number of rotatable bonds is 14. The van der Waals surface area contributed by atoms with Gasteiger partial charge < -0.3 is 25.4 Å². The van der Waals surface area contributed by atoms with E-state index >= 15 is 0 Å². The molecule has 0 aromatic heterocycles. The summed E-state index contributed by atoms with van der Waals surface area (Å²) in [6.07, 6.45) is -0.220. The van der Waals surface area contributed by atoms with Crippen LogP contribution in [0.2, 0.25) is 0 Å². The molecule has 0 heterocycles. The van der Waals surface area contributed by atoms with Crippen molar-refractivity contribution in [3.8, 4) is 11.1 Å². The van der Waals surface area contributed by atoms with Gasteiger partial charge in [0.05, 0.1) is 0 Å². The average Bonchev–Trinajstić information content (AvgIpc) is 3.45. The van der Waals surface area contributed by atoms with Crippen molar-refractivity contribution in [2.45, 2.75) is 85.0 Å². The van der Waals surface area contributed by atoms with Gasteiger partial charge in [0, 0.05) is 12.3 Å². The fourth-order valence-electron chi connectivity index (χ4n) is 6.74. The van der Waals surface area contributed by atoms with Crippen molar-refractivity contribution >= 4 is 23.9 Å². The van der Waals surface area contributed by atoms with Gasteiger partial charge in [-0.2, -0.15) is 0 Å². The van der Waals surface area contributed by atoms with Gasteiger partial charge in [0.25, 0.3) is 0 Å². The summed E-state index contributed by atoms with van der Waals surface area (Å²) in [5, 5.41) is 8.57. The number of carbonyl (C=O) groups excluding carboxylic acids is 4. The minimum atomic E-state index is -1.06. The Morgan fingerprint density at radius 3 is 1.87 bits per heavy atom. The third kappa shape index (κ3) is 10.1. The largest absolute Gasteiger partial charge is 0.459 e. The van der Waals surface area contributed by atoms with Crippen LogP contribution in [-0.4, -0.2) is 48.6 Å². The normalized spacial score (nSPS) is 13.9. The van der Waals surface area contributed by atoms with Crippen molar-refractivity contribution in [3.05, 3.63) is 131 Å². The van der Waals surface area contributed by atoms with Gasteiger partial charge in [-0.3, -0.25) is 9.59 Å². The van der Waals surface area contributed by atoms with E-state index in [2.05, 4.69) is 28.1 Å². The SMILES string of the molecule is Cc1ccccc1C[C@H](NC(=O)OCC1c2ccccc2-c2ccccc21)C(=O)N[C@H](C(=O)N[C@@H](CC(C)C)C(=O)OCc1ccccc1)C(C)(C)C. The first-order valence-electron chi connectivity index (χ1n) is 18.3. The van der Waals surface area contributed by atoms with Crippen LogP contribution in [0.25, 0.3) is 11.1 Å². The molecule has 9 heteroatoms. The van der Waals surface area contributed by atoms with Gasteiger partial charge in [0.15, 0.2) is 0 Å². The molecule has 9 nitrogen and oxygen atoms in total. The first-order chi connectivity index (χ1) is 25.3. The summed E-state index contributed by atoms with van der Waals surface area (Å²) >= 11 is 0. The monoisotopic (exact) mass is 717 g/mol. The highest BCUT2D eigenvalue weighted by Gasteiger charge is 2.38. The Bertz CT molecular complexity index is 1860. The van der Waals surface area contributed by atoms with Crippen LogP contribution in [0.1, 0.15) is 74.8 Å². The molecule has 0 aliphatic heterocycles. The maximum Gasteiger partial charge on any atom is 0.407 e. The van der Waals surface area contributed by atoms with Gasteiger partial charge in [-0.1, -0.05) is 138 Å². The van der Waals surface area contributed by atoms with E-state index in [4.69, 9.17) is 9.47 Å². The number of ether oxygens (including phenoxy) is 2. The lowest BCUT2D eigenvalue weighted by molar-refractivity contribution is -0.150. The Hall–Kier alpha value is -5.44. The maximum absolute atomic E-state index is 14.1. The van der Waals surface area contributed by atoms with Crippen LogP contribution in [-0.2, 0) is 36.9 Å². The summed E-state index contributed by atoms with van der Waals surface area (Å²) in [5.74, 6) is -1.70. The molecule has 0 fully saturated rings. The van der Waals surface area contributed by atoms with Crippen molar-refractivity contribution in [1.29, 1.82) is 0 Å². The molecular weight excluding hydrogens is 666 g/mol. The van der Waals surface area contributed by atoms with E-state index in [1.165, 1.54) is 0 Å². The van der Waals surface area contributed by atoms with Crippen molar-refractivity contribution in [2.75, 3.05) is 6.61 Å². The summed E-state index contributed by atoms with van der Waals surface area (Å²) < 4.78 is 11.4. The number of fused-ring (bicyclic) bond motifs is 3. The lowest BCUT2D eigenvalue weighted by atomic mass is 9.85. The third-order valence-electron chi connectivity index (χ3n) is 9.58. The Balaban J connectivity index is 1.30. The molecule has 3 N–H and O–H groups in total. The number of carbonyl (C=O) groups is 4. The van der Waals surface area contributed by atoms with Gasteiger partial charge in [0.2, 0.25) is 11.8 Å². The van der Waals surface area contributed by atoms with E-state index < -0.39 is 47.4 Å². The zero-order valence-electron chi connectivity index (χ0n) is 31.5. The van der Waals surface area contributed by atoms with Crippen LogP contribution < -0.4 is 16.0 Å². The minimum Gasteiger partial charge on any atom is -0.459 e. The molecule has 278 valence electrons. The second kappa shape index (κ2) is 17.4. The molecule has 1 aliphatic carbocycles. The number of amides is 3. The average molecular weight is 718 g/mol. The second-order valence-corrected chi connectivity index (χ2v) is 15.2. The van der Waals surface area contributed by atoms with E-state index in [9.17, 15) is 19.2 Å². The summed E-state index contributed by atoms with van der Waals surface area (Å²) in [7, 11) is 0. The van der Waals surface area contributed by atoms with Crippen LogP contribution in [0.3, 0.4) is 0 Å². The smallest absolute Gasteiger partial charge is 0.407 e. The van der Waals surface area contributed by atoms with Crippen LogP contribution >= 0.6 is 0 Å². The molecule has 0 radical (unpaired) electrons. The molecule has 0 saturated heterocycles. The van der Waals surface area contributed by atoms with Crippen molar-refractivity contribution < 1.29 is 28.7 Å². The van der Waals surface area contributed by atoms with Crippen LogP contribution in [0.15, 0.2) is 103 Å². The van der Waals surface area contributed by atoms with Crippen LogP contribution in [0.4, 0.5) is 4.79 Å². The lowest BCUT2D eigenvalue weighted by Gasteiger charge is -2.33. The molecular formula is C44H51N3O6. The van der Waals surface area contributed by atoms with Gasteiger partial charge >= 0.3 is 12.1 Å². The quantitative estimate of drug-likeness (QED) is 0.118. The fraction of sp³-hybridized carbons (Fsp3) is 0.364. The minimum absolute atomic E-state index is 0.0751. The fourth-order valence-corrected chi connectivity index (χ4v) is 6.74. The number of aryl methyl sites for hydroxylation is 1. The molecule has 3 amide bonds. The molecule has 53 heavy (non-hydrogen) atoms.